The largest absolute Gasteiger partial charge is 0.490 e. The summed E-state index contributed by atoms with van der Waals surface area (Å²) in [6, 6.07) is 16.2. The molecule has 0 spiro atoms. The SMILES string of the molecule is CN1C(=O)SC(c2ccc3c(c2)CCC(Cc2ccccc2)O3)C1=O. The number of likely N-dealkylation sites (N-methyl/N-ethyl adjacent to an activating group) is 1. The Morgan fingerprint density at radius 3 is 2.68 bits per heavy atom. The van der Waals surface area contributed by atoms with E-state index in [2.05, 4.69) is 12.1 Å². The summed E-state index contributed by atoms with van der Waals surface area (Å²) in [5.41, 5.74) is 3.29. The van der Waals surface area contributed by atoms with Crippen LogP contribution in [0.2, 0.25) is 0 Å². The second kappa shape index (κ2) is 6.56. The van der Waals surface area contributed by atoms with Gasteiger partial charge in [0, 0.05) is 13.5 Å². The first-order chi connectivity index (χ1) is 12.1. The van der Waals surface area contributed by atoms with Crippen molar-refractivity contribution in [3.05, 3.63) is 65.2 Å². The molecule has 1 fully saturated rings. The van der Waals surface area contributed by atoms with Gasteiger partial charge in [-0.15, -0.1) is 0 Å². The highest BCUT2D eigenvalue weighted by atomic mass is 32.2. The molecular weight excluding hydrogens is 334 g/mol. The van der Waals surface area contributed by atoms with Crippen LogP contribution in [0.5, 0.6) is 5.75 Å². The predicted molar refractivity (Wildman–Crippen MR) is 97.8 cm³/mol. The molecule has 0 radical (unpaired) electrons. The van der Waals surface area contributed by atoms with E-state index < -0.39 is 5.25 Å². The van der Waals surface area contributed by atoms with Gasteiger partial charge < -0.3 is 4.74 Å². The van der Waals surface area contributed by atoms with Crippen LogP contribution < -0.4 is 4.74 Å². The lowest BCUT2D eigenvalue weighted by Gasteiger charge is -2.27. The van der Waals surface area contributed by atoms with Crippen LogP contribution in [0.25, 0.3) is 0 Å². The summed E-state index contributed by atoms with van der Waals surface area (Å²) in [6.45, 7) is 0. The number of fused-ring (bicyclic) bond motifs is 1. The number of carbonyl (C=O) groups is 2. The highest BCUT2D eigenvalue weighted by Gasteiger charge is 2.38. The molecule has 4 rings (SSSR count). The van der Waals surface area contributed by atoms with Crippen LogP contribution >= 0.6 is 11.8 Å². The van der Waals surface area contributed by atoms with E-state index in [9.17, 15) is 9.59 Å². The van der Waals surface area contributed by atoms with Crippen LogP contribution in [0.4, 0.5) is 4.79 Å². The van der Waals surface area contributed by atoms with Crippen LogP contribution in [0.3, 0.4) is 0 Å². The molecule has 0 N–H and O–H groups in total. The Balaban J connectivity index is 1.50. The summed E-state index contributed by atoms with van der Waals surface area (Å²) in [6.07, 6.45) is 2.96. The summed E-state index contributed by atoms with van der Waals surface area (Å²) in [7, 11) is 1.54. The summed E-state index contributed by atoms with van der Waals surface area (Å²) in [4.78, 5) is 25.1. The van der Waals surface area contributed by atoms with Gasteiger partial charge in [-0.3, -0.25) is 14.5 Å². The minimum Gasteiger partial charge on any atom is -0.490 e. The van der Waals surface area contributed by atoms with E-state index in [1.54, 1.807) is 0 Å². The summed E-state index contributed by atoms with van der Waals surface area (Å²) in [5.74, 6) is 0.750. The fourth-order valence-electron chi connectivity index (χ4n) is 3.36. The molecule has 0 aliphatic carbocycles. The monoisotopic (exact) mass is 353 g/mol. The maximum absolute atomic E-state index is 12.2. The molecule has 2 aromatic rings. The summed E-state index contributed by atoms with van der Waals surface area (Å²) in [5, 5.41) is -0.614. The number of hydrogen-bond donors (Lipinski definition) is 0. The van der Waals surface area contributed by atoms with Crippen molar-refractivity contribution in [2.45, 2.75) is 30.6 Å². The number of amides is 2. The van der Waals surface area contributed by atoms with Crippen molar-refractivity contribution in [3.63, 3.8) is 0 Å². The van der Waals surface area contributed by atoms with Gasteiger partial charge >= 0.3 is 0 Å². The molecule has 2 heterocycles. The van der Waals surface area contributed by atoms with Crippen LogP contribution in [-0.2, 0) is 17.6 Å². The Labute approximate surface area is 151 Å². The summed E-state index contributed by atoms with van der Waals surface area (Å²) < 4.78 is 6.15. The fourth-order valence-corrected chi connectivity index (χ4v) is 4.35. The van der Waals surface area contributed by atoms with E-state index in [0.29, 0.717) is 0 Å². The van der Waals surface area contributed by atoms with Crippen LogP contribution in [0.1, 0.15) is 28.4 Å². The van der Waals surface area contributed by atoms with Crippen molar-refractivity contribution in [3.8, 4) is 5.75 Å². The van der Waals surface area contributed by atoms with Gasteiger partial charge in [0.1, 0.15) is 17.1 Å². The van der Waals surface area contributed by atoms with Crippen molar-refractivity contribution < 1.29 is 14.3 Å². The van der Waals surface area contributed by atoms with Crippen molar-refractivity contribution in [2.24, 2.45) is 0 Å². The minimum absolute atomic E-state index is 0.145. The van der Waals surface area contributed by atoms with E-state index in [4.69, 9.17) is 4.74 Å². The van der Waals surface area contributed by atoms with E-state index in [0.717, 1.165) is 47.9 Å². The summed E-state index contributed by atoms with van der Waals surface area (Å²) >= 11 is 1.08. The fraction of sp³-hybridized carbons (Fsp3) is 0.300. The van der Waals surface area contributed by atoms with Gasteiger partial charge in [0.05, 0.1) is 0 Å². The van der Waals surface area contributed by atoms with Crippen molar-refractivity contribution in [2.75, 3.05) is 7.05 Å². The number of imide groups is 1. The Bertz CT molecular complexity index is 821. The average molecular weight is 353 g/mol. The van der Waals surface area contributed by atoms with Gasteiger partial charge in [0.15, 0.2) is 0 Å². The topological polar surface area (TPSA) is 46.6 Å². The number of rotatable bonds is 3. The number of aryl methyl sites for hydroxylation is 1. The number of carbonyl (C=O) groups excluding carboxylic acids is 2. The third-order valence-electron chi connectivity index (χ3n) is 4.77. The minimum atomic E-state index is -0.426. The zero-order chi connectivity index (χ0) is 17.4. The van der Waals surface area contributed by atoms with Gasteiger partial charge in [-0.05, 0) is 47.4 Å². The highest BCUT2D eigenvalue weighted by Crippen LogP contribution is 2.40. The number of ether oxygens (including phenoxy) is 1. The van der Waals surface area contributed by atoms with Gasteiger partial charge in [-0.2, -0.15) is 0 Å². The standard InChI is InChI=1S/C20H19NO3S/c1-21-19(22)18(25-20(21)23)15-8-10-17-14(12-15)7-9-16(24-17)11-13-5-3-2-4-6-13/h2-6,8,10,12,16,18H,7,9,11H2,1H3. The molecule has 2 unspecified atom stereocenters. The quantitative estimate of drug-likeness (QED) is 0.837. The molecular formula is C20H19NO3S. The normalized spacial score (nSPS) is 22.7. The molecule has 0 bridgehead atoms. The van der Waals surface area contributed by atoms with Gasteiger partial charge in [-0.1, -0.05) is 42.5 Å². The molecule has 2 aliphatic rings. The van der Waals surface area contributed by atoms with Crippen LogP contribution in [0.15, 0.2) is 48.5 Å². The van der Waals surface area contributed by atoms with Crippen molar-refractivity contribution in [1.82, 2.24) is 4.90 Å². The zero-order valence-corrected chi connectivity index (χ0v) is 14.8. The van der Waals surface area contributed by atoms with Gasteiger partial charge in [0.25, 0.3) is 5.24 Å². The Kier molecular flexibility index (Phi) is 4.25. The maximum Gasteiger partial charge on any atom is 0.289 e. The molecule has 25 heavy (non-hydrogen) atoms. The first kappa shape index (κ1) is 16.2. The third kappa shape index (κ3) is 3.16. The number of nitrogens with zero attached hydrogens (tertiary/aromatic N) is 1. The molecule has 2 amide bonds. The maximum atomic E-state index is 12.2. The Morgan fingerprint density at radius 1 is 1.16 bits per heavy atom. The predicted octanol–water partition coefficient (Wildman–Crippen LogP) is 3.99. The van der Waals surface area contributed by atoms with Gasteiger partial charge in [0.2, 0.25) is 5.91 Å². The van der Waals surface area contributed by atoms with E-state index in [-0.39, 0.29) is 17.3 Å². The lowest BCUT2D eigenvalue weighted by molar-refractivity contribution is -0.125. The third-order valence-corrected chi connectivity index (χ3v) is 5.96. The molecule has 2 aromatic carbocycles. The molecule has 0 aromatic heterocycles. The lowest BCUT2D eigenvalue weighted by Crippen LogP contribution is -2.26. The number of hydrogen-bond acceptors (Lipinski definition) is 4. The van der Waals surface area contributed by atoms with E-state index in [1.165, 1.54) is 17.5 Å². The van der Waals surface area contributed by atoms with Crippen molar-refractivity contribution >= 4 is 22.9 Å². The molecule has 4 nitrogen and oxygen atoms in total. The van der Waals surface area contributed by atoms with Crippen LogP contribution in [-0.4, -0.2) is 29.2 Å². The molecule has 2 atom stereocenters. The average Bonchev–Trinajstić information content (AvgIpc) is 2.89. The highest BCUT2D eigenvalue weighted by molar-refractivity contribution is 8.14. The molecule has 5 heteroatoms. The van der Waals surface area contributed by atoms with Crippen LogP contribution in [0, 0.1) is 0 Å². The van der Waals surface area contributed by atoms with Crippen molar-refractivity contribution in [1.29, 1.82) is 0 Å². The Hall–Kier alpha value is -2.27. The van der Waals surface area contributed by atoms with E-state index in [1.807, 2.05) is 36.4 Å². The zero-order valence-electron chi connectivity index (χ0n) is 14.0. The lowest BCUT2D eigenvalue weighted by atomic mass is 9.95. The molecule has 2 aliphatic heterocycles. The molecule has 1 saturated heterocycles. The van der Waals surface area contributed by atoms with Gasteiger partial charge in [-0.25, -0.2) is 0 Å². The molecule has 0 saturated carbocycles. The van der Waals surface area contributed by atoms with E-state index >= 15 is 0 Å². The second-order valence-electron chi connectivity index (χ2n) is 6.50. The Morgan fingerprint density at radius 2 is 1.96 bits per heavy atom. The first-order valence-corrected chi connectivity index (χ1v) is 9.31. The second-order valence-corrected chi connectivity index (χ2v) is 7.55. The first-order valence-electron chi connectivity index (χ1n) is 8.43. The smallest absolute Gasteiger partial charge is 0.289 e. The molecule has 128 valence electrons. The number of thioether (sulfide) groups is 1. The number of benzene rings is 2.